The number of carbonyl (C=O) groups excluding carboxylic acids is 1. The minimum absolute atomic E-state index is 0.0167. The molecule has 0 saturated carbocycles. The normalized spacial score (nSPS) is 13.8. The lowest BCUT2D eigenvalue weighted by atomic mass is 9.86. The number of carbonyl (C=O) groups is 1. The molecule has 0 fully saturated rings. The maximum atomic E-state index is 12.9. The Morgan fingerprint density at radius 1 is 0.952 bits per heavy atom. The first kappa shape index (κ1) is 15.5. The van der Waals surface area contributed by atoms with Crippen molar-refractivity contribution in [2.45, 2.75) is 33.3 Å². The summed E-state index contributed by atoms with van der Waals surface area (Å²) in [4.78, 5) is 12.9. The fourth-order valence-electron chi connectivity index (χ4n) is 2.37. The van der Waals surface area contributed by atoms with Crippen molar-refractivity contribution in [1.29, 1.82) is 0 Å². The summed E-state index contributed by atoms with van der Waals surface area (Å²) in [6.45, 7) is 7.91. The number of hydrogen-bond donors (Lipinski definition) is 0. The number of ether oxygens (including phenoxy) is 1. The molecule has 0 aliphatic rings. The van der Waals surface area contributed by atoms with Crippen molar-refractivity contribution in [3.8, 4) is 0 Å². The van der Waals surface area contributed by atoms with Crippen molar-refractivity contribution in [3.05, 3.63) is 70.3 Å². The van der Waals surface area contributed by atoms with E-state index in [-0.39, 0.29) is 5.78 Å². The molecule has 2 aromatic carbocycles. The Kier molecular flexibility index (Phi) is 4.29. The highest BCUT2D eigenvalue weighted by atomic mass is 16.5. The minimum atomic E-state index is -0.963. The van der Waals surface area contributed by atoms with Gasteiger partial charge >= 0.3 is 0 Å². The van der Waals surface area contributed by atoms with Crippen molar-refractivity contribution < 1.29 is 9.53 Å². The van der Waals surface area contributed by atoms with Crippen molar-refractivity contribution in [2.75, 3.05) is 7.11 Å². The van der Waals surface area contributed by atoms with Crippen LogP contribution in [0.15, 0.2) is 42.5 Å². The van der Waals surface area contributed by atoms with E-state index in [1.807, 2.05) is 70.2 Å². The monoisotopic (exact) mass is 282 g/mol. The van der Waals surface area contributed by atoms with Crippen LogP contribution in [0, 0.1) is 20.8 Å². The molecule has 0 aliphatic heterocycles. The van der Waals surface area contributed by atoms with E-state index < -0.39 is 5.60 Å². The summed E-state index contributed by atoms with van der Waals surface area (Å²) in [5.74, 6) is -0.0167. The van der Waals surface area contributed by atoms with Crippen molar-refractivity contribution in [3.63, 3.8) is 0 Å². The van der Waals surface area contributed by atoms with Gasteiger partial charge in [-0.25, -0.2) is 0 Å². The van der Waals surface area contributed by atoms with E-state index in [2.05, 4.69) is 0 Å². The molecule has 0 aromatic heterocycles. The van der Waals surface area contributed by atoms with E-state index >= 15 is 0 Å². The predicted octanol–water partition coefficient (Wildman–Crippen LogP) is 4.36. The van der Waals surface area contributed by atoms with Gasteiger partial charge in [0, 0.05) is 12.7 Å². The third-order valence-corrected chi connectivity index (χ3v) is 4.21. The summed E-state index contributed by atoms with van der Waals surface area (Å²) in [6.07, 6.45) is 0. The van der Waals surface area contributed by atoms with E-state index in [0.29, 0.717) is 5.56 Å². The second-order valence-electron chi connectivity index (χ2n) is 5.73. The van der Waals surface area contributed by atoms with Crippen LogP contribution in [0.25, 0.3) is 0 Å². The molecule has 0 heterocycles. The van der Waals surface area contributed by atoms with E-state index in [1.54, 1.807) is 7.11 Å². The van der Waals surface area contributed by atoms with E-state index in [1.165, 1.54) is 5.56 Å². The lowest BCUT2D eigenvalue weighted by molar-refractivity contribution is 0.0101. The van der Waals surface area contributed by atoms with Crippen molar-refractivity contribution >= 4 is 5.78 Å². The average molecular weight is 282 g/mol. The van der Waals surface area contributed by atoms with Crippen molar-refractivity contribution in [1.82, 2.24) is 0 Å². The predicted molar refractivity (Wildman–Crippen MR) is 85.8 cm³/mol. The van der Waals surface area contributed by atoms with Crippen molar-refractivity contribution in [2.24, 2.45) is 0 Å². The highest BCUT2D eigenvalue weighted by molar-refractivity contribution is 6.03. The molecule has 0 spiro atoms. The maximum absolute atomic E-state index is 12.9. The molecule has 0 N–H and O–H groups in total. The summed E-state index contributed by atoms with van der Waals surface area (Å²) in [7, 11) is 1.58. The van der Waals surface area contributed by atoms with Crippen LogP contribution >= 0.6 is 0 Å². The molecule has 0 bridgehead atoms. The van der Waals surface area contributed by atoms with E-state index in [9.17, 15) is 4.79 Å². The lowest BCUT2D eigenvalue weighted by Crippen LogP contribution is -2.34. The number of aryl methyl sites for hydroxylation is 3. The Hall–Kier alpha value is -1.93. The topological polar surface area (TPSA) is 26.3 Å². The van der Waals surface area contributed by atoms with Crippen LogP contribution in [0.2, 0.25) is 0 Å². The Labute approximate surface area is 126 Å². The van der Waals surface area contributed by atoms with Crippen LogP contribution < -0.4 is 0 Å². The van der Waals surface area contributed by atoms with Gasteiger partial charge in [-0.2, -0.15) is 0 Å². The first-order chi connectivity index (χ1) is 9.88. The standard InChI is InChI=1S/C19H22O2/c1-13-6-10-17(11-7-13)19(4,21-5)18(20)16-9-8-14(2)15(3)12-16/h6-12H,1-5H3. The Balaban J connectivity index is 2.45. The van der Waals surface area contributed by atoms with Crippen LogP contribution in [0.3, 0.4) is 0 Å². The SMILES string of the molecule is COC(C)(C(=O)c1ccc(C)c(C)c1)c1ccc(C)cc1. The summed E-state index contributed by atoms with van der Waals surface area (Å²) in [6, 6.07) is 13.7. The molecule has 110 valence electrons. The van der Waals surface area contributed by atoms with Gasteiger partial charge in [0.05, 0.1) is 0 Å². The smallest absolute Gasteiger partial charge is 0.198 e. The van der Waals surface area contributed by atoms with E-state index in [0.717, 1.165) is 16.7 Å². The van der Waals surface area contributed by atoms with Crippen LogP contribution in [0.4, 0.5) is 0 Å². The molecule has 0 aliphatic carbocycles. The first-order valence-corrected chi connectivity index (χ1v) is 7.13. The van der Waals surface area contributed by atoms with Crippen LogP contribution in [0.5, 0.6) is 0 Å². The molecule has 1 unspecified atom stereocenters. The molecule has 2 heteroatoms. The molecule has 0 radical (unpaired) electrons. The fraction of sp³-hybridized carbons (Fsp3) is 0.316. The second kappa shape index (κ2) is 5.82. The second-order valence-corrected chi connectivity index (χ2v) is 5.73. The number of methoxy groups -OCH3 is 1. The lowest BCUT2D eigenvalue weighted by Gasteiger charge is -2.27. The molecular formula is C19H22O2. The minimum Gasteiger partial charge on any atom is -0.366 e. The third-order valence-electron chi connectivity index (χ3n) is 4.21. The molecular weight excluding hydrogens is 260 g/mol. The Morgan fingerprint density at radius 2 is 1.57 bits per heavy atom. The molecule has 0 saturated heterocycles. The first-order valence-electron chi connectivity index (χ1n) is 7.13. The molecule has 1 atom stereocenters. The van der Waals surface area contributed by atoms with Gasteiger partial charge in [0.25, 0.3) is 0 Å². The molecule has 2 rings (SSSR count). The van der Waals surface area contributed by atoms with Gasteiger partial charge in [0.15, 0.2) is 11.4 Å². The van der Waals surface area contributed by atoms with Gasteiger partial charge in [0.2, 0.25) is 0 Å². The maximum Gasteiger partial charge on any atom is 0.198 e. The van der Waals surface area contributed by atoms with Gasteiger partial charge in [-0.05, 0) is 50.5 Å². The summed E-state index contributed by atoms with van der Waals surface area (Å²) < 4.78 is 5.60. The van der Waals surface area contributed by atoms with Gasteiger partial charge in [0.1, 0.15) is 0 Å². The van der Waals surface area contributed by atoms with Gasteiger partial charge in [-0.1, -0.05) is 42.0 Å². The molecule has 2 aromatic rings. The Morgan fingerprint density at radius 3 is 2.10 bits per heavy atom. The third kappa shape index (κ3) is 2.91. The number of Topliss-reactive ketones (excluding diaryl/α,β-unsaturated/α-hetero) is 1. The quantitative estimate of drug-likeness (QED) is 0.779. The number of ketones is 1. The number of hydrogen-bond acceptors (Lipinski definition) is 2. The van der Waals surface area contributed by atoms with Gasteiger partial charge < -0.3 is 4.74 Å². The molecule has 21 heavy (non-hydrogen) atoms. The Bertz CT molecular complexity index is 656. The average Bonchev–Trinajstić information content (AvgIpc) is 2.49. The highest BCUT2D eigenvalue weighted by Crippen LogP contribution is 2.30. The molecule has 0 amide bonds. The van der Waals surface area contributed by atoms with Crippen LogP contribution in [0.1, 0.15) is 39.5 Å². The van der Waals surface area contributed by atoms with Crippen LogP contribution in [-0.2, 0) is 10.3 Å². The number of benzene rings is 2. The zero-order valence-electron chi connectivity index (χ0n) is 13.4. The van der Waals surface area contributed by atoms with Gasteiger partial charge in [-0.15, -0.1) is 0 Å². The summed E-state index contributed by atoms with van der Waals surface area (Å²) in [5, 5.41) is 0. The van der Waals surface area contributed by atoms with E-state index in [4.69, 9.17) is 4.74 Å². The zero-order chi connectivity index (χ0) is 15.6. The zero-order valence-corrected chi connectivity index (χ0v) is 13.4. The molecule has 2 nitrogen and oxygen atoms in total. The summed E-state index contributed by atoms with van der Waals surface area (Å²) in [5.41, 5.74) is 4.05. The number of rotatable bonds is 4. The summed E-state index contributed by atoms with van der Waals surface area (Å²) >= 11 is 0. The fourth-order valence-corrected chi connectivity index (χ4v) is 2.37. The van der Waals surface area contributed by atoms with Gasteiger partial charge in [-0.3, -0.25) is 4.79 Å². The highest BCUT2D eigenvalue weighted by Gasteiger charge is 2.35. The van der Waals surface area contributed by atoms with Crippen LogP contribution in [-0.4, -0.2) is 12.9 Å². The largest absolute Gasteiger partial charge is 0.366 e.